The van der Waals surface area contributed by atoms with Gasteiger partial charge < -0.3 is 0 Å². The maximum Gasteiger partial charge on any atom is -0.00652 e. The van der Waals surface area contributed by atoms with Gasteiger partial charge in [-0.25, -0.2) is 0 Å². The first-order chi connectivity index (χ1) is 4.77. The van der Waals surface area contributed by atoms with Gasteiger partial charge in [0.05, 0.1) is 0 Å². The third-order valence-corrected chi connectivity index (χ3v) is 1.98. The fourth-order valence-corrected chi connectivity index (χ4v) is 1.39. The zero-order chi connectivity index (χ0) is 8.41. The molecule has 0 aromatic rings. The highest BCUT2D eigenvalue weighted by atomic mass is 32.2. The molecule has 0 N–H and O–H groups in total. The van der Waals surface area contributed by atoms with Crippen LogP contribution in [0.5, 0.6) is 0 Å². The molecule has 0 aliphatic rings. The number of hydrogen-bond donors (Lipinski definition) is 0. The van der Waals surface area contributed by atoms with E-state index in [4.69, 9.17) is 0 Å². The summed E-state index contributed by atoms with van der Waals surface area (Å²) in [6.07, 6.45) is 1.37. The van der Waals surface area contributed by atoms with Crippen LogP contribution in [0.3, 0.4) is 0 Å². The van der Waals surface area contributed by atoms with Gasteiger partial charge in [0.25, 0.3) is 0 Å². The van der Waals surface area contributed by atoms with Gasteiger partial charge in [0, 0.05) is 0 Å². The predicted octanol–water partition coefficient (Wildman–Crippen LogP) is 3.81. The molecule has 0 aliphatic heterocycles. The van der Waals surface area contributed by atoms with Crippen LogP contribution in [0.4, 0.5) is 0 Å². The first-order valence-electron chi connectivity index (χ1n) is 4.35. The maximum atomic E-state index is 2.27. The van der Waals surface area contributed by atoms with Crippen molar-refractivity contribution >= 4 is 11.8 Å². The van der Waals surface area contributed by atoms with Gasteiger partial charge in [-0.3, -0.25) is 0 Å². The molecule has 0 aromatic heterocycles. The minimum atomic E-state index is 0.883. The smallest absolute Gasteiger partial charge is 0.00652 e. The molecule has 0 aliphatic carbocycles. The van der Waals surface area contributed by atoms with Gasteiger partial charge in [-0.15, -0.1) is 0 Å². The van der Waals surface area contributed by atoms with E-state index in [1.807, 2.05) is 25.6 Å². The maximum absolute atomic E-state index is 2.27. The van der Waals surface area contributed by atoms with Crippen molar-refractivity contribution in [2.75, 3.05) is 11.5 Å². The van der Waals surface area contributed by atoms with Gasteiger partial charge in [0.1, 0.15) is 0 Å². The molecule has 1 heteroatoms. The second-order valence-electron chi connectivity index (χ2n) is 2.38. The van der Waals surface area contributed by atoms with Crippen LogP contribution in [0.15, 0.2) is 0 Å². The van der Waals surface area contributed by atoms with Crippen molar-refractivity contribution in [2.24, 2.45) is 5.92 Å². The summed E-state index contributed by atoms with van der Waals surface area (Å²) in [5, 5.41) is 0. The molecule has 0 saturated carbocycles. The van der Waals surface area contributed by atoms with Crippen molar-refractivity contribution in [2.45, 2.75) is 41.0 Å². The molecule has 10 heavy (non-hydrogen) atoms. The lowest BCUT2D eigenvalue weighted by Crippen LogP contribution is -1.88. The molecule has 0 fully saturated rings. The van der Waals surface area contributed by atoms with Gasteiger partial charge in [-0.1, -0.05) is 34.6 Å². The molecule has 0 saturated heterocycles. The normalized spacial score (nSPS) is 9.00. The van der Waals surface area contributed by atoms with E-state index in [2.05, 4.69) is 20.8 Å². The van der Waals surface area contributed by atoms with Gasteiger partial charge in [0.2, 0.25) is 0 Å². The Bertz CT molecular complexity index is 42.0. The van der Waals surface area contributed by atoms with E-state index < -0.39 is 0 Å². The van der Waals surface area contributed by atoms with Gasteiger partial charge >= 0.3 is 0 Å². The molecule has 0 atom stereocenters. The quantitative estimate of drug-likeness (QED) is 0.566. The molecule has 0 spiro atoms. The van der Waals surface area contributed by atoms with Crippen molar-refractivity contribution in [1.29, 1.82) is 0 Å². The van der Waals surface area contributed by atoms with Crippen LogP contribution in [0.1, 0.15) is 41.0 Å². The molecule has 0 radical (unpaired) electrons. The summed E-state index contributed by atoms with van der Waals surface area (Å²) in [7, 11) is 0. The zero-order valence-electron chi connectivity index (χ0n) is 8.11. The van der Waals surface area contributed by atoms with E-state index in [-0.39, 0.29) is 0 Å². The second kappa shape index (κ2) is 12.1. The monoisotopic (exact) mass is 162 g/mol. The molecular formula is C9H22S. The van der Waals surface area contributed by atoms with Gasteiger partial charge in [-0.05, 0) is 23.8 Å². The Morgan fingerprint density at radius 2 is 1.70 bits per heavy atom. The first-order valence-corrected chi connectivity index (χ1v) is 5.50. The number of thioether (sulfide) groups is 1. The third-order valence-electron chi connectivity index (χ3n) is 1.04. The molecule has 0 amide bonds. The largest absolute Gasteiger partial charge is 0.162 e. The molecule has 0 rings (SSSR count). The summed E-state index contributed by atoms with van der Waals surface area (Å²) in [6, 6.07) is 0. The van der Waals surface area contributed by atoms with Crippen molar-refractivity contribution in [3.05, 3.63) is 0 Å². The SMILES string of the molecule is CC.CCSCCC(C)C. The van der Waals surface area contributed by atoms with E-state index in [1.54, 1.807) is 0 Å². The average Bonchev–Trinajstić information content (AvgIpc) is 1.92. The summed E-state index contributed by atoms with van der Waals surface area (Å²) >= 11 is 2.04. The highest BCUT2D eigenvalue weighted by molar-refractivity contribution is 7.99. The summed E-state index contributed by atoms with van der Waals surface area (Å²) in [6.45, 7) is 10.8. The highest BCUT2D eigenvalue weighted by Gasteiger charge is 1.90. The Labute approximate surface area is 70.8 Å². The Balaban J connectivity index is 0. The Morgan fingerprint density at radius 1 is 1.20 bits per heavy atom. The third kappa shape index (κ3) is 15.8. The Hall–Kier alpha value is 0.350. The second-order valence-corrected chi connectivity index (χ2v) is 3.77. The standard InChI is InChI=1S/C7H16S.C2H6/c1-4-8-6-5-7(2)3;1-2/h7H,4-6H2,1-3H3;1-2H3. The summed E-state index contributed by atoms with van der Waals surface area (Å²) in [5.74, 6) is 3.50. The molecule has 0 bridgehead atoms. The average molecular weight is 162 g/mol. The van der Waals surface area contributed by atoms with Crippen LogP contribution in [-0.2, 0) is 0 Å². The minimum absolute atomic E-state index is 0.883. The topological polar surface area (TPSA) is 0 Å². The zero-order valence-corrected chi connectivity index (χ0v) is 8.92. The van der Waals surface area contributed by atoms with Crippen LogP contribution in [-0.4, -0.2) is 11.5 Å². The van der Waals surface area contributed by atoms with E-state index >= 15 is 0 Å². The van der Waals surface area contributed by atoms with Crippen LogP contribution < -0.4 is 0 Å². The fourth-order valence-electron chi connectivity index (χ4n) is 0.463. The van der Waals surface area contributed by atoms with E-state index in [0.29, 0.717) is 0 Å². The van der Waals surface area contributed by atoms with Crippen LogP contribution in [0.2, 0.25) is 0 Å². The summed E-state index contributed by atoms with van der Waals surface area (Å²) in [5.41, 5.74) is 0. The van der Waals surface area contributed by atoms with Crippen molar-refractivity contribution in [1.82, 2.24) is 0 Å². The first kappa shape index (κ1) is 13.0. The Kier molecular flexibility index (Phi) is 15.7. The minimum Gasteiger partial charge on any atom is -0.162 e. The molecule has 0 nitrogen and oxygen atoms in total. The number of rotatable bonds is 4. The van der Waals surface area contributed by atoms with Gasteiger partial charge in [-0.2, -0.15) is 11.8 Å². The molecule has 0 unspecified atom stereocenters. The highest BCUT2D eigenvalue weighted by Crippen LogP contribution is 2.06. The van der Waals surface area contributed by atoms with Crippen molar-refractivity contribution in [3.8, 4) is 0 Å². The number of hydrogen-bond acceptors (Lipinski definition) is 1. The predicted molar refractivity (Wildman–Crippen MR) is 53.8 cm³/mol. The lowest BCUT2D eigenvalue weighted by molar-refractivity contribution is 0.632. The van der Waals surface area contributed by atoms with E-state index in [9.17, 15) is 0 Å². The van der Waals surface area contributed by atoms with E-state index in [0.717, 1.165) is 5.92 Å². The summed E-state index contributed by atoms with van der Waals surface area (Å²) in [4.78, 5) is 0. The van der Waals surface area contributed by atoms with Gasteiger partial charge in [0.15, 0.2) is 0 Å². The van der Waals surface area contributed by atoms with Crippen LogP contribution in [0, 0.1) is 5.92 Å². The Morgan fingerprint density at radius 3 is 2.00 bits per heavy atom. The molecule has 64 valence electrons. The van der Waals surface area contributed by atoms with E-state index in [1.165, 1.54) is 17.9 Å². The molecular weight excluding hydrogens is 140 g/mol. The van der Waals surface area contributed by atoms with Crippen molar-refractivity contribution in [3.63, 3.8) is 0 Å². The molecule has 0 heterocycles. The summed E-state index contributed by atoms with van der Waals surface area (Å²) < 4.78 is 0. The lowest BCUT2D eigenvalue weighted by Gasteiger charge is -2.00. The molecule has 0 aromatic carbocycles. The van der Waals surface area contributed by atoms with Crippen molar-refractivity contribution < 1.29 is 0 Å². The lowest BCUT2D eigenvalue weighted by atomic mass is 10.2. The van der Waals surface area contributed by atoms with Crippen LogP contribution in [0.25, 0.3) is 0 Å². The van der Waals surface area contributed by atoms with Crippen LogP contribution >= 0.6 is 11.8 Å². The fraction of sp³-hybridized carbons (Fsp3) is 1.00.